The molecule has 1 saturated heterocycles. The molecule has 2 aliphatic rings. The van der Waals surface area contributed by atoms with E-state index in [4.69, 9.17) is 14.2 Å². The fourth-order valence-electron chi connectivity index (χ4n) is 1.58. The van der Waals surface area contributed by atoms with Crippen molar-refractivity contribution >= 4 is 0 Å². The first kappa shape index (κ1) is 8.12. The summed E-state index contributed by atoms with van der Waals surface area (Å²) in [7, 11) is 0. The highest BCUT2D eigenvalue weighted by atomic mass is 16.7. The highest BCUT2D eigenvalue weighted by Crippen LogP contribution is 2.37. The van der Waals surface area contributed by atoms with Crippen LogP contribution >= 0.6 is 0 Å². The number of hydrogen-bond acceptors (Lipinski definition) is 3. The molecule has 0 aromatic heterocycles. The van der Waals surface area contributed by atoms with Gasteiger partial charge in [-0.3, -0.25) is 0 Å². The van der Waals surface area contributed by atoms with Gasteiger partial charge in [0.1, 0.15) is 13.2 Å². The molecule has 14 heavy (non-hydrogen) atoms. The monoisotopic (exact) mass is 192 g/mol. The average molecular weight is 192 g/mol. The predicted octanol–water partition coefficient (Wildman–Crippen LogP) is 1.54. The molecule has 1 atom stereocenters. The largest absolute Gasteiger partial charge is 0.486 e. The smallest absolute Gasteiger partial charge is 0.161 e. The number of benzene rings is 1. The second kappa shape index (κ2) is 2.64. The van der Waals surface area contributed by atoms with Crippen LogP contribution in [0.2, 0.25) is 0 Å². The number of ether oxygens (including phenoxy) is 3. The Balaban J connectivity index is 1.93. The predicted molar refractivity (Wildman–Crippen MR) is 50.9 cm³/mol. The van der Waals surface area contributed by atoms with Crippen LogP contribution in [0, 0.1) is 6.92 Å². The van der Waals surface area contributed by atoms with Crippen molar-refractivity contribution in [1.82, 2.24) is 0 Å². The fourth-order valence-corrected chi connectivity index (χ4v) is 1.58. The van der Waals surface area contributed by atoms with Crippen LogP contribution < -0.4 is 9.47 Å². The maximum atomic E-state index is 5.66. The summed E-state index contributed by atoms with van der Waals surface area (Å²) in [4.78, 5) is 0. The van der Waals surface area contributed by atoms with Crippen LogP contribution in [0.3, 0.4) is 0 Å². The van der Waals surface area contributed by atoms with E-state index < -0.39 is 0 Å². The molecule has 0 radical (unpaired) electrons. The van der Waals surface area contributed by atoms with Crippen LogP contribution in [0.25, 0.3) is 0 Å². The maximum absolute atomic E-state index is 5.66. The van der Waals surface area contributed by atoms with E-state index in [1.165, 1.54) is 5.56 Å². The first-order valence-electron chi connectivity index (χ1n) is 4.78. The van der Waals surface area contributed by atoms with Gasteiger partial charge in [-0.05, 0) is 24.6 Å². The topological polar surface area (TPSA) is 31.0 Å². The molecule has 1 spiro atoms. The second-order valence-electron chi connectivity index (χ2n) is 4.00. The molecule has 1 aromatic carbocycles. The molecular formula is C11H12O3. The zero-order valence-corrected chi connectivity index (χ0v) is 8.08. The molecule has 0 amide bonds. The van der Waals surface area contributed by atoms with Crippen molar-refractivity contribution in [3.63, 3.8) is 0 Å². The van der Waals surface area contributed by atoms with E-state index >= 15 is 0 Å². The van der Waals surface area contributed by atoms with Crippen molar-refractivity contribution in [3.05, 3.63) is 23.8 Å². The summed E-state index contributed by atoms with van der Waals surface area (Å²) in [6.07, 6.45) is 0. The third-order valence-corrected chi connectivity index (χ3v) is 2.63. The molecule has 0 aliphatic carbocycles. The molecule has 74 valence electrons. The first-order chi connectivity index (χ1) is 6.77. The lowest BCUT2D eigenvalue weighted by molar-refractivity contribution is 0.156. The van der Waals surface area contributed by atoms with Gasteiger partial charge in [-0.2, -0.15) is 0 Å². The van der Waals surface area contributed by atoms with Crippen LogP contribution in [-0.4, -0.2) is 25.4 Å². The van der Waals surface area contributed by atoms with Crippen LogP contribution in [0.15, 0.2) is 18.2 Å². The summed E-state index contributed by atoms with van der Waals surface area (Å²) in [6, 6.07) is 5.97. The lowest BCUT2D eigenvalue weighted by atomic mass is 10.2. The van der Waals surface area contributed by atoms with Gasteiger partial charge in [-0.15, -0.1) is 0 Å². The Bertz CT molecular complexity index is 369. The van der Waals surface area contributed by atoms with E-state index in [-0.39, 0.29) is 5.60 Å². The zero-order valence-electron chi connectivity index (χ0n) is 8.08. The molecule has 0 saturated carbocycles. The number of hydrogen-bond donors (Lipinski definition) is 0. The second-order valence-corrected chi connectivity index (χ2v) is 4.00. The zero-order chi connectivity index (χ0) is 9.60. The number of rotatable bonds is 0. The van der Waals surface area contributed by atoms with Gasteiger partial charge in [0.15, 0.2) is 17.1 Å². The Morgan fingerprint density at radius 1 is 1.07 bits per heavy atom. The molecular weight excluding hydrogens is 180 g/mol. The molecule has 2 aliphatic heterocycles. The van der Waals surface area contributed by atoms with Crippen molar-refractivity contribution in [3.8, 4) is 11.5 Å². The van der Waals surface area contributed by atoms with Crippen molar-refractivity contribution in [2.45, 2.75) is 12.5 Å². The quantitative estimate of drug-likeness (QED) is 0.584. The van der Waals surface area contributed by atoms with E-state index in [1.807, 2.05) is 25.1 Å². The normalized spacial score (nSPS) is 28.6. The van der Waals surface area contributed by atoms with Gasteiger partial charge < -0.3 is 14.2 Å². The molecule has 1 unspecified atom stereocenters. The van der Waals surface area contributed by atoms with Crippen molar-refractivity contribution in [2.24, 2.45) is 0 Å². The molecule has 3 nitrogen and oxygen atoms in total. The standard InChI is InChI=1S/C11H12O3/c1-8-2-3-9-10(4-8)13-6-11(5-12-9)7-14-11/h2-4H,5-7H2,1H3. The van der Waals surface area contributed by atoms with E-state index in [0.717, 1.165) is 18.1 Å². The lowest BCUT2D eigenvalue weighted by Crippen LogP contribution is -2.26. The minimum Gasteiger partial charge on any atom is -0.486 e. The Labute approximate surface area is 82.6 Å². The SMILES string of the molecule is Cc1ccc2c(c1)OCC1(CO2)CO1. The minimum atomic E-state index is -0.160. The highest BCUT2D eigenvalue weighted by molar-refractivity contribution is 5.43. The van der Waals surface area contributed by atoms with Gasteiger partial charge in [-0.1, -0.05) is 6.07 Å². The molecule has 1 fully saturated rings. The lowest BCUT2D eigenvalue weighted by Gasteiger charge is -2.06. The van der Waals surface area contributed by atoms with E-state index in [9.17, 15) is 0 Å². The highest BCUT2D eigenvalue weighted by Gasteiger charge is 2.48. The summed E-state index contributed by atoms with van der Waals surface area (Å²) < 4.78 is 16.6. The Morgan fingerprint density at radius 2 is 1.79 bits per heavy atom. The van der Waals surface area contributed by atoms with E-state index in [2.05, 4.69) is 0 Å². The Hall–Kier alpha value is -1.22. The van der Waals surface area contributed by atoms with Crippen LogP contribution in [0.5, 0.6) is 11.5 Å². The van der Waals surface area contributed by atoms with Crippen LogP contribution in [0.1, 0.15) is 5.56 Å². The van der Waals surface area contributed by atoms with E-state index in [0.29, 0.717) is 13.2 Å². The summed E-state index contributed by atoms with van der Waals surface area (Å²) in [6.45, 7) is 3.99. The molecule has 2 heterocycles. The van der Waals surface area contributed by atoms with Gasteiger partial charge in [0.25, 0.3) is 0 Å². The third kappa shape index (κ3) is 1.24. The minimum absolute atomic E-state index is 0.160. The van der Waals surface area contributed by atoms with E-state index in [1.54, 1.807) is 0 Å². The molecule has 0 bridgehead atoms. The van der Waals surface area contributed by atoms with Crippen LogP contribution in [-0.2, 0) is 4.74 Å². The van der Waals surface area contributed by atoms with Gasteiger partial charge in [-0.25, -0.2) is 0 Å². The van der Waals surface area contributed by atoms with Gasteiger partial charge in [0, 0.05) is 0 Å². The Morgan fingerprint density at radius 3 is 2.50 bits per heavy atom. The van der Waals surface area contributed by atoms with Crippen molar-refractivity contribution in [1.29, 1.82) is 0 Å². The summed E-state index contributed by atoms with van der Waals surface area (Å²) in [5.41, 5.74) is 1.02. The number of epoxide rings is 1. The number of aryl methyl sites for hydroxylation is 1. The van der Waals surface area contributed by atoms with Crippen molar-refractivity contribution < 1.29 is 14.2 Å². The third-order valence-electron chi connectivity index (χ3n) is 2.63. The first-order valence-corrected chi connectivity index (χ1v) is 4.78. The molecule has 3 rings (SSSR count). The maximum Gasteiger partial charge on any atom is 0.161 e. The molecule has 3 heteroatoms. The summed E-state index contributed by atoms with van der Waals surface area (Å²) in [5, 5.41) is 0. The average Bonchev–Trinajstić information content (AvgIpc) is 2.96. The van der Waals surface area contributed by atoms with Crippen molar-refractivity contribution in [2.75, 3.05) is 19.8 Å². The molecule has 1 aromatic rings. The number of fused-ring (bicyclic) bond motifs is 1. The van der Waals surface area contributed by atoms with Gasteiger partial charge in [0.2, 0.25) is 0 Å². The summed E-state index contributed by atoms with van der Waals surface area (Å²) >= 11 is 0. The fraction of sp³-hybridized carbons (Fsp3) is 0.455. The van der Waals surface area contributed by atoms with Gasteiger partial charge in [0.05, 0.1) is 6.61 Å². The molecule has 0 N–H and O–H groups in total. The Kier molecular flexibility index (Phi) is 1.53. The summed E-state index contributed by atoms with van der Waals surface area (Å²) in [5.74, 6) is 1.65. The van der Waals surface area contributed by atoms with Crippen LogP contribution in [0.4, 0.5) is 0 Å². The van der Waals surface area contributed by atoms with Gasteiger partial charge >= 0.3 is 0 Å².